The van der Waals surface area contributed by atoms with Crippen LogP contribution in [0.2, 0.25) is 5.15 Å². The van der Waals surface area contributed by atoms with Crippen LogP contribution in [0.4, 0.5) is 5.69 Å². The van der Waals surface area contributed by atoms with Gasteiger partial charge in [0.2, 0.25) is 0 Å². The fraction of sp³-hybridized carbons (Fsp3) is 0. The molecule has 2 aromatic heterocycles. The topological polar surface area (TPSA) is 34.5 Å². The summed E-state index contributed by atoms with van der Waals surface area (Å²) in [4.78, 5) is 7.87. The Morgan fingerprint density at radius 2 is 2.00 bits per heavy atom. The highest BCUT2D eigenvalue weighted by atomic mass is 79.9. The van der Waals surface area contributed by atoms with Crippen LogP contribution in [-0.2, 0) is 0 Å². The summed E-state index contributed by atoms with van der Waals surface area (Å²) in [5.74, 6) is 0. The van der Waals surface area contributed by atoms with Crippen LogP contribution in [0.15, 0.2) is 41.0 Å². The number of hydrogen-bond donors (Lipinski definition) is 0. The van der Waals surface area contributed by atoms with E-state index in [0.29, 0.717) is 16.5 Å². The smallest absolute Gasteiger partial charge is 0.187 e. The first-order chi connectivity index (χ1) is 9.19. The predicted octanol–water partition coefficient (Wildman–Crippen LogP) is 4.36. The van der Waals surface area contributed by atoms with E-state index in [-0.39, 0.29) is 0 Å². The van der Waals surface area contributed by atoms with E-state index < -0.39 is 0 Å². The fourth-order valence-corrected chi connectivity index (χ4v) is 2.33. The molecule has 19 heavy (non-hydrogen) atoms. The van der Waals surface area contributed by atoms with E-state index in [4.69, 9.17) is 18.2 Å². The third kappa shape index (κ3) is 2.09. The summed E-state index contributed by atoms with van der Waals surface area (Å²) in [6.45, 7) is 6.94. The first kappa shape index (κ1) is 12.2. The van der Waals surface area contributed by atoms with Gasteiger partial charge in [0.15, 0.2) is 11.3 Å². The molecular weight excluding hydrogens is 328 g/mol. The minimum atomic E-state index is 0.486. The maximum atomic E-state index is 6.94. The second kappa shape index (κ2) is 4.65. The van der Waals surface area contributed by atoms with Gasteiger partial charge in [-0.2, -0.15) is 5.10 Å². The third-order valence-electron chi connectivity index (χ3n) is 2.68. The second-order valence-corrected chi connectivity index (χ2v) is 5.09. The van der Waals surface area contributed by atoms with E-state index in [1.54, 1.807) is 28.9 Å². The number of fused-ring (bicyclic) bond motifs is 1. The van der Waals surface area contributed by atoms with Crippen LogP contribution in [0.3, 0.4) is 0 Å². The molecule has 92 valence electrons. The number of nitrogens with zero attached hydrogens (tertiary/aromatic N) is 4. The summed E-state index contributed by atoms with van der Waals surface area (Å²) in [7, 11) is 0. The van der Waals surface area contributed by atoms with Gasteiger partial charge in [-0.3, -0.25) is 0 Å². The van der Waals surface area contributed by atoms with Gasteiger partial charge >= 0.3 is 0 Å². The van der Waals surface area contributed by atoms with Gasteiger partial charge < -0.3 is 0 Å². The van der Waals surface area contributed by atoms with Crippen molar-refractivity contribution in [1.82, 2.24) is 14.6 Å². The molecule has 0 fully saturated rings. The zero-order valence-corrected chi connectivity index (χ0v) is 11.9. The van der Waals surface area contributed by atoms with Gasteiger partial charge in [-0.15, -0.1) is 0 Å². The summed E-state index contributed by atoms with van der Waals surface area (Å²) in [6.07, 6.45) is 1.65. The highest BCUT2D eigenvalue weighted by Crippen LogP contribution is 2.26. The van der Waals surface area contributed by atoms with Crippen LogP contribution in [0.25, 0.3) is 21.7 Å². The lowest BCUT2D eigenvalue weighted by Gasteiger charge is -2.04. The lowest BCUT2D eigenvalue weighted by Crippen LogP contribution is -1.94. The van der Waals surface area contributed by atoms with Crippen LogP contribution in [0.1, 0.15) is 0 Å². The summed E-state index contributed by atoms with van der Waals surface area (Å²) >= 11 is 9.56. The molecule has 0 aliphatic heterocycles. The van der Waals surface area contributed by atoms with Crippen LogP contribution >= 0.6 is 27.5 Å². The zero-order chi connectivity index (χ0) is 13.4. The third-order valence-corrected chi connectivity index (χ3v) is 3.51. The van der Waals surface area contributed by atoms with Crippen molar-refractivity contribution in [3.05, 3.63) is 57.6 Å². The highest BCUT2D eigenvalue weighted by molar-refractivity contribution is 9.10. The average molecular weight is 334 g/mol. The van der Waals surface area contributed by atoms with Crippen molar-refractivity contribution in [3.8, 4) is 11.3 Å². The Balaban J connectivity index is 2.19. The van der Waals surface area contributed by atoms with E-state index in [9.17, 15) is 0 Å². The fourth-order valence-electron chi connectivity index (χ4n) is 1.75. The molecule has 0 atom stereocenters. The molecule has 3 aromatic rings. The standard InChI is InChI=1S/C13H6BrClN4/c1-16-9-4-2-8(3-5-9)11-6-12(15)19-13(18-11)10(14)7-17-19/h2-7H. The molecule has 0 saturated heterocycles. The minimum Gasteiger partial charge on any atom is -0.238 e. The zero-order valence-electron chi connectivity index (χ0n) is 9.51. The van der Waals surface area contributed by atoms with Gasteiger partial charge in [0.25, 0.3) is 0 Å². The lowest BCUT2D eigenvalue weighted by atomic mass is 10.1. The second-order valence-electron chi connectivity index (χ2n) is 3.85. The van der Waals surface area contributed by atoms with E-state index in [1.807, 2.05) is 12.1 Å². The van der Waals surface area contributed by atoms with Gasteiger partial charge in [0.1, 0.15) is 5.15 Å². The van der Waals surface area contributed by atoms with Crippen LogP contribution < -0.4 is 0 Å². The summed E-state index contributed by atoms with van der Waals surface area (Å²) in [6, 6.07) is 8.97. The molecule has 4 nitrogen and oxygen atoms in total. The number of halogens is 2. The molecule has 0 saturated carbocycles. The van der Waals surface area contributed by atoms with Crippen molar-refractivity contribution in [2.45, 2.75) is 0 Å². The lowest BCUT2D eigenvalue weighted by molar-refractivity contribution is 0.942. The van der Waals surface area contributed by atoms with Crippen molar-refractivity contribution in [2.24, 2.45) is 0 Å². The Bertz CT molecular complexity index is 802. The van der Waals surface area contributed by atoms with E-state index in [0.717, 1.165) is 15.7 Å². The molecule has 0 bridgehead atoms. The Kier molecular flexibility index (Phi) is 2.97. The molecule has 2 heterocycles. The minimum absolute atomic E-state index is 0.486. The maximum absolute atomic E-state index is 6.94. The number of rotatable bonds is 1. The van der Waals surface area contributed by atoms with Gasteiger partial charge in [-0.25, -0.2) is 14.3 Å². The van der Waals surface area contributed by atoms with Crippen LogP contribution in [0.5, 0.6) is 0 Å². The monoisotopic (exact) mass is 332 g/mol. The van der Waals surface area contributed by atoms with Crippen LogP contribution in [-0.4, -0.2) is 14.6 Å². The van der Waals surface area contributed by atoms with Crippen LogP contribution in [0, 0.1) is 6.57 Å². The molecule has 0 unspecified atom stereocenters. The summed E-state index contributed by atoms with van der Waals surface area (Å²) in [5, 5.41) is 4.60. The van der Waals surface area contributed by atoms with Gasteiger partial charge in [-0.1, -0.05) is 35.9 Å². The van der Waals surface area contributed by atoms with E-state index >= 15 is 0 Å². The number of benzene rings is 1. The molecule has 0 radical (unpaired) electrons. The first-order valence-corrected chi connectivity index (χ1v) is 6.54. The molecule has 3 rings (SSSR count). The summed E-state index contributed by atoms with van der Waals surface area (Å²) < 4.78 is 2.34. The van der Waals surface area contributed by atoms with Gasteiger partial charge in [-0.05, 0) is 21.5 Å². The highest BCUT2D eigenvalue weighted by Gasteiger charge is 2.09. The number of aromatic nitrogens is 3. The molecule has 0 aliphatic rings. The van der Waals surface area contributed by atoms with Crippen molar-refractivity contribution in [3.63, 3.8) is 0 Å². The molecular formula is C13H6BrClN4. The average Bonchev–Trinajstić information content (AvgIpc) is 2.81. The Morgan fingerprint density at radius 3 is 2.68 bits per heavy atom. The molecule has 1 aromatic carbocycles. The molecule has 0 aliphatic carbocycles. The quantitative estimate of drug-likeness (QED) is 0.490. The molecule has 6 heteroatoms. The largest absolute Gasteiger partial charge is 0.238 e. The number of hydrogen-bond acceptors (Lipinski definition) is 2. The van der Waals surface area contributed by atoms with Crippen molar-refractivity contribution in [2.75, 3.05) is 0 Å². The predicted molar refractivity (Wildman–Crippen MR) is 77.4 cm³/mol. The molecule has 0 spiro atoms. The van der Waals surface area contributed by atoms with E-state index in [1.165, 1.54) is 0 Å². The maximum Gasteiger partial charge on any atom is 0.187 e. The molecule has 0 amide bonds. The Hall–Kier alpha value is -1.90. The van der Waals surface area contributed by atoms with Gasteiger partial charge in [0.05, 0.1) is 22.9 Å². The van der Waals surface area contributed by atoms with Crippen molar-refractivity contribution in [1.29, 1.82) is 0 Å². The van der Waals surface area contributed by atoms with Crippen molar-refractivity contribution < 1.29 is 0 Å². The Morgan fingerprint density at radius 1 is 1.26 bits per heavy atom. The van der Waals surface area contributed by atoms with Crippen molar-refractivity contribution >= 4 is 38.9 Å². The molecule has 0 N–H and O–H groups in total. The SMILES string of the molecule is [C-]#[N+]c1ccc(-c2cc(Cl)n3ncc(Br)c3n2)cc1. The summed E-state index contributed by atoms with van der Waals surface area (Å²) in [5.41, 5.74) is 2.92. The van der Waals surface area contributed by atoms with E-state index in [2.05, 4.69) is 30.9 Å². The first-order valence-electron chi connectivity index (χ1n) is 5.37. The Labute approximate surface area is 122 Å². The normalized spacial score (nSPS) is 10.6. The van der Waals surface area contributed by atoms with Gasteiger partial charge in [0, 0.05) is 6.07 Å².